The molecule has 2 heterocycles. The third kappa shape index (κ3) is 3.34. The van der Waals surface area contributed by atoms with Gasteiger partial charge in [-0.15, -0.1) is 0 Å². The van der Waals surface area contributed by atoms with Gasteiger partial charge in [0.1, 0.15) is 24.6 Å². The second kappa shape index (κ2) is 6.52. The number of rotatable bonds is 5. The standard InChI is InChI=1S/C18H18N2O3/c1-13-6-3-4-8-16(13)22-10-11-23-18(21)15-12-20-14(2)7-5-9-17(20)19-15/h3-9,12H,10-11H2,1-2H3. The van der Waals surface area contributed by atoms with Crippen molar-refractivity contribution in [3.63, 3.8) is 0 Å². The molecule has 5 nitrogen and oxygen atoms in total. The number of imidazole rings is 1. The molecule has 0 fully saturated rings. The lowest BCUT2D eigenvalue weighted by atomic mass is 10.2. The number of ether oxygens (including phenoxy) is 2. The molecule has 0 spiro atoms. The summed E-state index contributed by atoms with van der Waals surface area (Å²) in [5.74, 6) is 0.355. The van der Waals surface area contributed by atoms with Crippen LogP contribution >= 0.6 is 0 Å². The molecule has 3 aromatic rings. The van der Waals surface area contributed by atoms with Gasteiger partial charge in [-0.1, -0.05) is 24.3 Å². The molecule has 0 saturated carbocycles. The lowest BCUT2D eigenvalue weighted by Crippen LogP contribution is -2.13. The zero-order chi connectivity index (χ0) is 16.2. The zero-order valence-corrected chi connectivity index (χ0v) is 13.2. The monoisotopic (exact) mass is 310 g/mol. The van der Waals surface area contributed by atoms with Gasteiger partial charge < -0.3 is 13.9 Å². The van der Waals surface area contributed by atoms with E-state index in [1.165, 1.54) is 0 Å². The summed E-state index contributed by atoms with van der Waals surface area (Å²) in [7, 11) is 0. The molecule has 0 amide bonds. The minimum absolute atomic E-state index is 0.181. The molecule has 118 valence electrons. The summed E-state index contributed by atoms with van der Waals surface area (Å²) in [4.78, 5) is 16.3. The van der Waals surface area contributed by atoms with E-state index >= 15 is 0 Å². The molecule has 0 saturated heterocycles. The van der Waals surface area contributed by atoms with Crippen LogP contribution in [0.5, 0.6) is 5.75 Å². The second-order valence-electron chi connectivity index (χ2n) is 5.27. The van der Waals surface area contributed by atoms with E-state index in [9.17, 15) is 4.79 Å². The topological polar surface area (TPSA) is 52.8 Å². The smallest absolute Gasteiger partial charge is 0.358 e. The van der Waals surface area contributed by atoms with E-state index in [4.69, 9.17) is 9.47 Å². The second-order valence-corrected chi connectivity index (χ2v) is 5.27. The van der Waals surface area contributed by atoms with Crippen LogP contribution in [0.2, 0.25) is 0 Å². The Kier molecular flexibility index (Phi) is 4.28. The number of aromatic nitrogens is 2. The fraction of sp³-hybridized carbons (Fsp3) is 0.222. The molecule has 0 atom stereocenters. The van der Waals surface area contributed by atoms with E-state index in [0.29, 0.717) is 12.3 Å². The first-order valence-corrected chi connectivity index (χ1v) is 7.45. The lowest BCUT2D eigenvalue weighted by Gasteiger charge is -2.08. The van der Waals surface area contributed by atoms with Gasteiger partial charge in [-0.25, -0.2) is 9.78 Å². The van der Waals surface area contributed by atoms with Crippen LogP contribution in [0.4, 0.5) is 0 Å². The predicted molar refractivity (Wildman–Crippen MR) is 86.9 cm³/mol. The highest BCUT2D eigenvalue weighted by molar-refractivity contribution is 5.88. The Morgan fingerprint density at radius 2 is 1.91 bits per heavy atom. The molecule has 5 heteroatoms. The van der Waals surface area contributed by atoms with Gasteiger partial charge in [0.15, 0.2) is 5.69 Å². The van der Waals surface area contributed by atoms with Gasteiger partial charge in [0.2, 0.25) is 0 Å². The Morgan fingerprint density at radius 1 is 1.09 bits per heavy atom. The Balaban J connectivity index is 1.56. The highest BCUT2D eigenvalue weighted by Crippen LogP contribution is 2.16. The van der Waals surface area contributed by atoms with E-state index in [-0.39, 0.29) is 6.61 Å². The van der Waals surface area contributed by atoms with Crippen molar-refractivity contribution < 1.29 is 14.3 Å². The SMILES string of the molecule is Cc1ccccc1OCCOC(=O)c1cn2c(C)cccc2n1. The highest BCUT2D eigenvalue weighted by atomic mass is 16.6. The molecule has 3 rings (SSSR count). The molecular weight excluding hydrogens is 292 g/mol. The number of esters is 1. The van der Waals surface area contributed by atoms with Crippen molar-refractivity contribution in [3.05, 3.63) is 65.6 Å². The number of carbonyl (C=O) groups is 1. The summed E-state index contributed by atoms with van der Waals surface area (Å²) in [6.07, 6.45) is 1.69. The Labute approximate surface area is 134 Å². The highest BCUT2D eigenvalue weighted by Gasteiger charge is 2.12. The van der Waals surface area contributed by atoms with E-state index in [2.05, 4.69) is 4.98 Å². The molecule has 0 aliphatic carbocycles. The van der Waals surface area contributed by atoms with Crippen molar-refractivity contribution >= 4 is 11.6 Å². The Bertz CT molecular complexity index is 839. The van der Waals surface area contributed by atoms with Gasteiger partial charge in [0.25, 0.3) is 0 Å². The minimum Gasteiger partial charge on any atom is -0.490 e. The van der Waals surface area contributed by atoms with Gasteiger partial charge in [-0.05, 0) is 37.6 Å². The van der Waals surface area contributed by atoms with Gasteiger partial charge in [0, 0.05) is 11.9 Å². The first-order chi connectivity index (χ1) is 11.1. The average Bonchev–Trinajstić information content (AvgIpc) is 2.99. The van der Waals surface area contributed by atoms with Crippen LogP contribution in [0.25, 0.3) is 5.65 Å². The molecule has 2 aromatic heterocycles. The Hall–Kier alpha value is -2.82. The molecular formula is C18H18N2O3. The lowest BCUT2D eigenvalue weighted by molar-refractivity contribution is 0.0444. The van der Waals surface area contributed by atoms with Crippen LogP contribution in [0.15, 0.2) is 48.7 Å². The molecule has 1 aromatic carbocycles. The van der Waals surface area contributed by atoms with E-state index < -0.39 is 5.97 Å². The van der Waals surface area contributed by atoms with Gasteiger partial charge in [-0.3, -0.25) is 0 Å². The quantitative estimate of drug-likeness (QED) is 0.536. The third-order valence-electron chi connectivity index (χ3n) is 3.57. The van der Waals surface area contributed by atoms with Crippen LogP contribution in [0.3, 0.4) is 0 Å². The normalized spacial score (nSPS) is 10.7. The minimum atomic E-state index is -0.443. The fourth-order valence-electron chi connectivity index (χ4n) is 2.33. The summed E-state index contributed by atoms with van der Waals surface area (Å²) in [6, 6.07) is 13.4. The van der Waals surface area contributed by atoms with Crippen LogP contribution in [-0.4, -0.2) is 28.6 Å². The molecule has 0 N–H and O–H groups in total. The number of fused-ring (bicyclic) bond motifs is 1. The molecule has 0 aliphatic rings. The number of hydrogen-bond donors (Lipinski definition) is 0. The van der Waals surface area contributed by atoms with Crippen molar-refractivity contribution in [3.8, 4) is 5.75 Å². The average molecular weight is 310 g/mol. The van der Waals surface area contributed by atoms with Crippen LogP contribution in [-0.2, 0) is 4.74 Å². The zero-order valence-electron chi connectivity index (χ0n) is 13.2. The number of carbonyl (C=O) groups excluding carboxylic acids is 1. The number of pyridine rings is 1. The molecule has 0 unspecified atom stereocenters. The van der Waals surface area contributed by atoms with Gasteiger partial charge >= 0.3 is 5.97 Å². The van der Waals surface area contributed by atoms with Crippen molar-refractivity contribution in [1.29, 1.82) is 0 Å². The van der Waals surface area contributed by atoms with E-state index in [1.807, 2.05) is 60.7 Å². The van der Waals surface area contributed by atoms with Crippen molar-refractivity contribution in [1.82, 2.24) is 9.38 Å². The van der Waals surface area contributed by atoms with Crippen molar-refractivity contribution in [2.75, 3.05) is 13.2 Å². The summed E-state index contributed by atoms with van der Waals surface area (Å²) in [5, 5.41) is 0. The van der Waals surface area contributed by atoms with Gasteiger partial charge in [-0.2, -0.15) is 0 Å². The molecule has 0 aliphatic heterocycles. The van der Waals surface area contributed by atoms with E-state index in [1.54, 1.807) is 6.20 Å². The number of hydrogen-bond acceptors (Lipinski definition) is 4. The summed E-state index contributed by atoms with van der Waals surface area (Å²) in [6.45, 7) is 4.42. The fourth-order valence-corrected chi connectivity index (χ4v) is 2.33. The van der Waals surface area contributed by atoms with Crippen LogP contribution < -0.4 is 4.74 Å². The largest absolute Gasteiger partial charge is 0.490 e. The number of nitrogens with zero attached hydrogens (tertiary/aromatic N) is 2. The summed E-state index contributed by atoms with van der Waals surface area (Å²) >= 11 is 0. The van der Waals surface area contributed by atoms with Crippen molar-refractivity contribution in [2.24, 2.45) is 0 Å². The van der Waals surface area contributed by atoms with Gasteiger partial charge in [0.05, 0.1) is 0 Å². The first kappa shape index (κ1) is 15.1. The molecule has 0 bridgehead atoms. The Morgan fingerprint density at radius 3 is 2.70 bits per heavy atom. The number of benzene rings is 1. The maximum Gasteiger partial charge on any atom is 0.358 e. The number of para-hydroxylation sites is 1. The third-order valence-corrected chi connectivity index (χ3v) is 3.57. The molecule has 23 heavy (non-hydrogen) atoms. The van der Waals surface area contributed by atoms with Crippen molar-refractivity contribution in [2.45, 2.75) is 13.8 Å². The van der Waals surface area contributed by atoms with Crippen LogP contribution in [0.1, 0.15) is 21.7 Å². The van der Waals surface area contributed by atoms with E-state index in [0.717, 1.165) is 22.7 Å². The summed E-state index contributed by atoms with van der Waals surface area (Å²) < 4.78 is 12.7. The maximum absolute atomic E-state index is 12.1. The maximum atomic E-state index is 12.1. The first-order valence-electron chi connectivity index (χ1n) is 7.45. The molecule has 0 radical (unpaired) electrons. The van der Waals surface area contributed by atoms with Crippen LogP contribution in [0, 0.1) is 13.8 Å². The number of aryl methyl sites for hydroxylation is 2. The summed E-state index contributed by atoms with van der Waals surface area (Å²) in [5.41, 5.74) is 3.09. The predicted octanol–water partition coefficient (Wildman–Crippen LogP) is 3.19.